The summed E-state index contributed by atoms with van der Waals surface area (Å²) in [6.45, 7) is 6.98. The summed E-state index contributed by atoms with van der Waals surface area (Å²) in [6, 6.07) is 3.22. The summed E-state index contributed by atoms with van der Waals surface area (Å²) in [5.41, 5.74) is 10.3. The Hall–Kier alpha value is -2.45. The summed E-state index contributed by atoms with van der Waals surface area (Å²) in [6.07, 6.45) is 2.24. The number of amides is 1. The van der Waals surface area contributed by atoms with E-state index >= 15 is 0 Å². The molecule has 1 aliphatic heterocycles. The molecule has 8 nitrogen and oxygen atoms in total. The molecule has 1 fully saturated rings. The first-order valence-corrected chi connectivity index (χ1v) is 8.39. The van der Waals surface area contributed by atoms with E-state index in [9.17, 15) is 4.79 Å². The average molecular weight is 344 g/mol. The normalized spacial score (nSPS) is 19.8. The predicted molar refractivity (Wildman–Crippen MR) is 94.2 cm³/mol. The lowest BCUT2D eigenvalue weighted by molar-refractivity contribution is -0.117. The van der Waals surface area contributed by atoms with Gasteiger partial charge in [0.05, 0.1) is 30.7 Å². The van der Waals surface area contributed by atoms with Crippen LogP contribution in [0.2, 0.25) is 0 Å². The van der Waals surface area contributed by atoms with E-state index < -0.39 is 0 Å². The van der Waals surface area contributed by atoms with Gasteiger partial charge in [-0.3, -0.25) is 9.48 Å². The fourth-order valence-electron chi connectivity index (χ4n) is 3.24. The summed E-state index contributed by atoms with van der Waals surface area (Å²) in [4.78, 5) is 16.6. The maximum absolute atomic E-state index is 12.5. The summed E-state index contributed by atoms with van der Waals surface area (Å²) in [5.74, 6) is 0.415. The molecule has 0 aromatic carbocycles. The van der Waals surface area contributed by atoms with Crippen LogP contribution in [0.4, 0.5) is 5.69 Å². The van der Waals surface area contributed by atoms with Crippen molar-refractivity contribution in [3.8, 4) is 5.88 Å². The molecule has 25 heavy (non-hydrogen) atoms. The minimum absolute atomic E-state index is 0.0602. The molecule has 3 heterocycles. The maximum atomic E-state index is 12.5. The van der Waals surface area contributed by atoms with Gasteiger partial charge in [0, 0.05) is 23.9 Å². The molecule has 2 unspecified atom stereocenters. The molecule has 0 aliphatic carbocycles. The van der Waals surface area contributed by atoms with Crippen molar-refractivity contribution in [1.82, 2.24) is 25.6 Å². The first-order valence-electron chi connectivity index (χ1n) is 8.39. The van der Waals surface area contributed by atoms with E-state index in [1.807, 2.05) is 11.6 Å². The fraction of sp³-hybridized carbons (Fsp3) is 0.471. The molecule has 0 saturated carbocycles. The van der Waals surface area contributed by atoms with Crippen molar-refractivity contribution in [3.63, 3.8) is 0 Å². The quantitative estimate of drug-likeness (QED) is 0.761. The van der Waals surface area contributed by atoms with E-state index in [1.54, 1.807) is 25.4 Å². The lowest BCUT2D eigenvalue weighted by Gasteiger charge is -2.11. The number of aromatic nitrogens is 3. The number of methoxy groups -OCH3 is 1. The number of hydrazine groups is 1. The van der Waals surface area contributed by atoms with E-state index in [2.05, 4.69) is 40.1 Å². The highest BCUT2D eigenvalue weighted by molar-refractivity contribution is 5.94. The number of nitrogens with zero attached hydrogens (tertiary/aromatic N) is 3. The molecule has 8 heteroatoms. The highest BCUT2D eigenvalue weighted by Gasteiger charge is 2.33. The molecule has 2 aromatic heterocycles. The van der Waals surface area contributed by atoms with Crippen LogP contribution >= 0.6 is 0 Å². The van der Waals surface area contributed by atoms with Gasteiger partial charge in [-0.2, -0.15) is 5.10 Å². The Morgan fingerprint density at radius 2 is 2.20 bits per heavy atom. The van der Waals surface area contributed by atoms with Gasteiger partial charge in [0.2, 0.25) is 11.8 Å². The van der Waals surface area contributed by atoms with Crippen molar-refractivity contribution in [2.45, 2.75) is 45.8 Å². The Labute approximate surface area is 146 Å². The number of carbonyl (C=O) groups is 1. The van der Waals surface area contributed by atoms with Crippen LogP contribution < -0.4 is 20.9 Å². The van der Waals surface area contributed by atoms with Gasteiger partial charge in [0.1, 0.15) is 6.04 Å². The zero-order valence-electron chi connectivity index (χ0n) is 15.0. The molecule has 2 atom stereocenters. The highest BCUT2D eigenvalue weighted by atomic mass is 16.5. The molecule has 1 aliphatic rings. The Morgan fingerprint density at radius 3 is 2.80 bits per heavy atom. The van der Waals surface area contributed by atoms with Gasteiger partial charge in [-0.25, -0.2) is 15.8 Å². The Balaban J connectivity index is 1.66. The number of rotatable bonds is 5. The minimum atomic E-state index is -0.323. The molecule has 0 radical (unpaired) electrons. The lowest BCUT2D eigenvalue weighted by atomic mass is 10.00. The molecular weight excluding hydrogens is 320 g/mol. The third-order valence-electron chi connectivity index (χ3n) is 4.52. The van der Waals surface area contributed by atoms with E-state index in [1.165, 1.54) is 0 Å². The number of aryl methyl sites for hydroxylation is 2. The Bertz CT molecular complexity index is 755. The summed E-state index contributed by atoms with van der Waals surface area (Å²) in [7, 11) is 1.56. The van der Waals surface area contributed by atoms with Gasteiger partial charge in [0.15, 0.2) is 0 Å². The molecule has 1 saturated heterocycles. The molecule has 3 rings (SSSR count). The van der Waals surface area contributed by atoms with Crippen molar-refractivity contribution in [2.75, 3.05) is 12.4 Å². The van der Waals surface area contributed by atoms with E-state index in [-0.39, 0.29) is 18.0 Å². The van der Waals surface area contributed by atoms with Gasteiger partial charge in [-0.1, -0.05) is 0 Å². The number of ether oxygens (including phenoxy) is 1. The van der Waals surface area contributed by atoms with Crippen LogP contribution in [0.1, 0.15) is 36.3 Å². The van der Waals surface area contributed by atoms with Crippen molar-refractivity contribution in [2.24, 2.45) is 0 Å². The highest BCUT2D eigenvalue weighted by Crippen LogP contribution is 2.28. The van der Waals surface area contributed by atoms with Gasteiger partial charge in [0.25, 0.3) is 0 Å². The van der Waals surface area contributed by atoms with Crippen molar-refractivity contribution in [1.29, 1.82) is 0 Å². The fourth-order valence-corrected chi connectivity index (χ4v) is 3.24. The first-order chi connectivity index (χ1) is 12.0. The second-order valence-corrected chi connectivity index (χ2v) is 6.11. The number of nitrogens with one attached hydrogen (secondary N) is 3. The van der Waals surface area contributed by atoms with Gasteiger partial charge >= 0.3 is 0 Å². The predicted octanol–water partition coefficient (Wildman–Crippen LogP) is 1.47. The van der Waals surface area contributed by atoms with Crippen molar-refractivity contribution >= 4 is 11.6 Å². The number of carbonyl (C=O) groups excluding carboxylic acids is 1. The monoisotopic (exact) mass is 344 g/mol. The molecule has 2 aromatic rings. The summed E-state index contributed by atoms with van der Waals surface area (Å²) < 4.78 is 7.01. The van der Waals surface area contributed by atoms with Gasteiger partial charge < -0.3 is 10.1 Å². The van der Waals surface area contributed by atoms with Crippen molar-refractivity contribution in [3.05, 3.63) is 35.3 Å². The van der Waals surface area contributed by atoms with Crippen LogP contribution in [-0.2, 0) is 11.3 Å². The number of pyridine rings is 1. The molecule has 3 N–H and O–H groups in total. The maximum Gasteiger partial charge on any atom is 0.242 e. The van der Waals surface area contributed by atoms with E-state index in [0.717, 1.165) is 23.5 Å². The van der Waals surface area contributed by atoms with Crippen LogP contribution in [0.5, 0.6) is 5.88 Å². The zero-order valence-corrected chi connectivity index (χ0v) is 15.0. The summed E-state index contributed by atoms with van der Waals surface area (Å²) >= 11 is 0. The molecule has 1 amide bonds. The number of hydrogen-bond donors (Lipinski definition) is 3. The SMILES string of the molecule is CCn1nc(C)c(C2CC(C(=O)Nc3ccc(OC)nc3)NN2)c1C. The van der Waals surface area contributed by atoms with Gasteiger partial charge in [-0.15, -0.1) is 0 Å². The van der Waals surface area contributed by atoms with Crippen LogP contribution in [0.15, 0.2) is 18.3 Å². The average Bonchev–Trinajstić information content (AvgIpc) is 3.20. The van der Waals surface area contributed by atoms with Crippen LogP contribution in [0.3, 0.4) is 0 Å². The zero-order chi connectivity index (χ0) is 18.0. The smallest absolute Gasteiger partial charge is 0.242 e. The first kappa shape index (κ1) is 17.4. The molecule has 0 spiro atoms. The second-order valence-electron chi connectivity index (χ2n) is 6.11. The Morgan fingerprint density at radius 1 is 1.40 bits per heavy atom. The minimum Gasteiger partial charge on any atom is -0.481 e. The third-order valence-corrected chi connectivity index (χ3v) is 4.52. The lowest BCUT2D eigenvalue weighted by Crippen LogP contribution is -2.39. The molecule has 134 valence electrons. The molecule has 0 bridgehead atoms. The van der Waals surface area contributed by atoms with Gasteiger partial charge in [-0.05, 0) is 33.3 Å². The summed E-state index contributed by atoms with van der Waals surface area (Å²) in [5, 5.41) is 7.43. The second kappa shape index (κ2) is 7.20. The van der Waals surface area contributed by atoms with Crippen LogP contribution in [0, 0.1) is 13.8 Å². The van der Waals surface area contributed by atoms with Crippen LogP contribution in [-0.4, -0.2) is 33.8 Å². The third kappa shape index (κ3) is 3.49. The number of anilines is 1. The topological polar surface area (TPSA) is 93.1 Å². The number of hydrogen-bond acceptors (Lipinski definition) is 6. The van der Waals surface area contributed by atoms with Crippen molar-refractivity contribution < 1.29 is 9.53 Å². The largest absolute Gasteiger partial charge is 0.481 e. The van der Waals surface area contributed by atoms with E-state index in [0.29, 0.717) is 18.0 Å². The molecular formula is C17H24N6O2. The standard InChI is InChI=1S/C17H24N6O2/c1-5-23-11(3)16(10(2)22-23)13-8-14(21-20-13)17(24)19-12-6-7-15(25-4)18-9-12/h6-7,9,13-14,20-21H,5,8H2,1-4H3,(H,19,24). The van der Waals surface area contributed by atoms with E-state index in [4.69, 9.17) is 4.74 Å². The van der Waals surface area contributed by atoms with Crippen LogP contribution in [0.25, 0.3) is 0 Å². The Kier molecular flexibility index (Phi) is 5.00.